The van der Waals surface area contributed by atoms with Crippen LogP contribution in [0, 0.1) is 11.7 Å². The fourth-order valence-electron chi connectivity index (χ4n) is 2.14. The van der Waals surface area contributed by atoms with Crippen LogP contribution in [0.2, 0.25) is 0 Å². The summed E-state index contributed by atoms with van der Waals surface area (Å²) in [5.74, 6) is 1.34. The van der Waals surface area contributed by atoms with E-state index >= 15 is 0 Å². The molecular weight excluding hydrogens is 223 g/mol. The Morgan fingerprint density at radius 2 is 2.12 bits per heavy atom. The number of carbonyl (C=O) groups excluding carboxylic acids is 1. The summed E-state index contributed by atoms with van der Waals surface area (Å²) >= 11 is 1.61. The third kappa shape index (κ3) is 2.64. The van der Waals surface area contributed by atoms with Gasteiger partial charge in [-0.25, -0.2) is 4.39 Å². The zero-order valence-electron chi connectivity index (χ0n) is 9.12. The van der Waals surface area contributed by atoms with Crippen LogP contribution in [-0.2, 0) is 0 Å². The van der Waals surface area contributed by atoms with Gasteiger partial charge in [0.15, 0.2) is 6.29 Å². The van der Waals surface area contributed by atoms with Gasteiger partial charge >= 0.3 is 0 Å². The van der Waals surface area contributed by atoms with Gasteiger partial charge in [0, 0.05) is 10.6 Å². The largest absolute Gasteiger partial charge is 0.298 e. The predicted octanol–water partition coefficient (Wildman–Crippen LogP) is 3.92. The quantitative estimate of drug-likeness (QED) is 0.584. The van der Waals surface area contributed by atoms with Crippen molar-refractivity contribution >= 4 is 18.0 Å². The van der Waals surface area contributed by atoms with Gasteiger partial charge in [0.2, 0.25) is 0 Å². The second-order valence-corrected chi connectivity index (χ2v) is 5.29. The van der Waals surface area contributed by atoms with Crippen LogP contribution < -0.4 is 0 Å². The molecule has 0 radical (unpaired) electrons. The number of carbonyl (C=O) groups is 1. The summed E-state index contributed by atoms with van der Waals surface area (Å²) in [5, 5.41) is 0. The maximum atomic E-state index is 13.3. The molecule has 16 heavy (non-hydrogen) atoms. The highest BCUT2D eigenvalue weighted by molar-refractivity contribution is 7.99. The van der Waals surface area contributed by atoms with Crippen LogP contribution in [-0.4, -0.2) is 12.0 Å². The van der Waals surface area contributed by atoms with E-state index in [0.717, 1.165) is 16.6 Å². The third-order valence-corrected chi connectivity index (χ3v) is 4.39. The van der Waals surface area contributed by atoms with E-state index in [4.69, 9.17) is 0 Å². The van der Waals surface area contributed by atoms with Crippen LogP contribution in [0.25, 0.3) is 0 Å². The molecule has 1 aromatic carbocycles. The lowest BCUT2D eigenvalue weighted by Crippen LogP contribution is -1.98. The highest BCUT2D eigenvalue weighted by Crippen LogP contribution is 2.32. The molecule has 2 rings (SSSR count). The molecule has 1 aliphatic rings. The fraction of sp³-hybridized carbons (Fsp3) is 0.462. The SMILES string of the molecule is O=Cc1c(F)cccc1SCC1CCCC1. The van der Waals surface area contributed by atoms with Crippen molar-refractivity contribution in [3.8, 4) is 0 Å². The van der Waals surface area contributed by atoms with Gasteiger partial charge in [-0.05, 0) is 30.9 Å². The minimum absolute atomic E-state index is 0.213. The normalized spacial score (nSPS) is 16.6. The van der Waals surface area contributed by atoms with E-state index in [9.17, 15) is 9.18 Å². The average Bonchev–Trinajstić information content (AvgIpc) is 2.79. The lowest BCUT2D eigenvalue weighted by molar-refractivity contribution is 0.111. The Labute approximate surface area is 99.4 Å². The summed E-state index contributed by atoms with van der Waals surface area (Å²) in [6.45, 7) is 0. The summed E-state index contributed by atoms with van der Waals surface area (Å²) in [4.78, 5) is 11.6. The second-order valence-electron chi connectivity index (χ2n) is 4.23. The summed E-state index contributed by atoms with van der Waals surface area (Å²) in [6, 6.07) is 4.83. The smallest absolute Gasteiger partial charge is 0.154 e. The van der Waals surface area contributed by atoms with Crippen molar-refractivity contribution in [1.82, 2.24) is 0 Å². The summed E-state index contributed by atoms with van der Waals surface area (Å²) in [7, 11) is 0. The van der Waals surface area contributed by atoms with E-state index in [1.807, 2.05) is 6.07 Å². The monoisotopic (exact) mass is 238 g/mol. The van der Waals surface area contributed by atoms with E-state index in [1.54, 1.807) is 17.8 Å². The van der Waals surface area contributed by atoms with E-state index in [-0.39, 0.29) is 5.56 Å². The Kier molecular flexibility index (Phi) is 3.99. The molecule has 1 fully saturated rings. The molecule has 0 aliphatic heterocycles. The van der Waals surface area contributed by atoms with E-state index < -0.39 is 5.82 Å². The molecule has 0 aromatic heterocycles. The number of hydrogen-bond acceptors (Lipinski definition) is 2. The van der Waals surface area contributed by atoms with Crippen molar-refractivity contribution in [3.05, 3.63) is 29.6 Å². The molecule has 0 bridgehead atoms. The molecule has 86 valence electrons. The molecule has 3 heteroatoms. The molecule has 0 unspecified atom stereocenters. The van der Waals surface area contributed by atoms with Gasteiger partial charge in [-0.15, -0.1) is 11.8 Å². The molecular formula is C13H15FOS. The molecule has 0 saturated heterocycles. The number of rotatable bonds is 4. The zero-order valence-corrected chi connectivity index (χ0v) is 9.93. The predicted molar refractivity (Wildman–Crippen MR) is 64.5 cm³/mol. The first kappa shape index (κ1) is 11.6. The lowest BCUT2D eigenvalue weighted by Gasteiger charge is -2.09. The van der Waals surface area contributed by atoms with E-state index in [2.05, 4.69) is 0 Å². The van der Waals surface area contributed by atoms with Crippen LogP contribution in [0.3, 0.4) is 0 Å². The van der Waals surface area contributed by atoms with Crippen molar-refractivity contribution in [2.75, 3.05) is 5.75 Å². The van der Waals surface area contributed by atoms with Gasteiger partial charge < -0.3 is 0 Å². The number of halogens is 1. The minimum atomic E-state index is -0.411. The molecule has 0 amide bonds. The van der Waals surface area contributed by atoms with Crippen molar-refractivity contribution in [1.29, 1.82) is 0 Å². The Balaban J connectivity index is 2.02. The van der Waals surface area contributed by atoms with Gasteiger partial charge in [0.25, 0.3) is 0 Å². The highest BCUT2D eigenvalue weighted by Gasteiger charge is 2.16. The van der Waals surface area contributed by atoms with Crippen molar-refractivity contribution in [2.45, 2.75) is 30.6 Å². The maximum Gasteiger partial charge on any atom is 0.154 e. The topological polar surface area (TPSA) is 17.1 Å². The fourth-order valence-corrected chi connectivity index (χ4v) is 3.37. The average molecular weight is 238 g/mol. The number of aldehydes is 1. The van der Waals surface area contributed by atoms with Gasteiger partial charge in [-0.3, -0.25) is 4.79 Å². The molecule has 0 atom stereocenters. The highest BCUT2D eigenvalue weighted by atomic mass is 32.2. The van der Waals surface area contributed by atoms with E-state index in [1.165, 1.54) is 31.7 Å². The molecule has 1 nitrogen and oxygen atoms in total. The Hall–Kier alpha value is -0.830. The van der Waals surface area contributed by atoms with Gasteiger partial charge in [-0.2, -0.15) is 0 Å². The first-order chi connectivity index (χ1) is 7.81. The zero-order chi connectivity index (χ0) is 11.4. The molecule has 0 spiro atoms. The number of hydrogen-bond donors (Lipinski definition) is 0. The first-order valence-corrected chi connectivity index (χ1v) is 6.66. The van der Waals surface area contributed by atoms with Crippen molar-refractivity contribution < 1.29 is 9.18 Å². The van der Waals surface area contributed by atoms with E-state index in [0.29, 0.717) is 6.29 Å². The van der Waals surface area contributed by atoms with Gasteiger partial charge in [-0.1, -0.05) is 18.9 Å². The Bertz CT molecular complexity index is 372. The van der Waals surface area contributed by atoms with Crippen molar-refractivity contribution in [2.24, 2.45) is 5.92 Å². The van der Waals surface area contributed by atoms with Crippen LogP contribution in [0.1, 0.15) is 36.0 Å². The lowest BCUT2D eigenvalue weighted by atomic mass is 10.1. The summed E-state index contributed by atoms with van der Waals surface area (Å²) in [6.07, 6.45) is 5.80. The van der Waals surface area contributed by atoms with Crippen molar-refractivity contribution in [3.63, 3.8) is 0 Å². The Morgan fingerprint density at radius 3 is 2.81 bits per heavy atom. The second kappa shape index (κ2) is 5.48. The molecule has 1 aliphatic carbocycles. The molecule has 1 aromatic rings. The maximum absolute atomic E-state index is 13.3. The minimum Gasteiger partial charge on any atom is -0.298 e. The Morgan fingerprint density at radius 1 is 1.38 bits per heavy atom. The molecule has 0 N–H and O–H groups in total. The molecule has 0 heterocycles. The summed E-state index contributed by atoms with van der Waals surface area (Å²) < 4.78 is 13.3. The van der Waals surface area contributed by atoms with Gasteiger partial charge in [0.1, 0.15) is 5.82 Å². The van der Waals surface area contributed by atoms with Crippen LogP contribution in [0.5, 0.6) is 0 Å². The summed E-state index contributed by atoms with van der Waals surface area (Å²) in [5.41, 5.74) is 0.213. The third-order valence-electron chi connectivity index (χ3n) is 3.08. The van der Waals surface area contributed by atoms with Crippen LogP contribution in [0.15, 0.2) is 23.1 Å². The number of thioether (sulfide) groups is 1. The standard InChI is InChI=1S/C13H15FOS/c14-12-6-3-7-13(11(12)8-15)16-9-10-4-1-2-5-10/h3,6-8,10H,1-2,4-5,9H2. The van der Waals surface area contributed by atoms with Crippen LogP contribution >= 0.6 is 11.8 Å². The molecule has 1 saturated carbocycles. The first-order valence-electron chi connectivity index (χ1n) is 5.67. The van der Waals surface area contributed by atoms with Gasteiger partial charge in [0.05, 0.1) is 5.56 Å². The number of benzene rings is 1. The van der Waals surface area contributed by atoms with Crippen LogP contribution in [0.4, 0.5) is 4.39 Å².